The van der Waals surface area contributed by atoms with Crippen molar-refractivity contribution in [1.29, 1.82) is 0 Å². The van der Waals surface area contributed by atoms with Crippen LogP contribution in [0, 0.1) is 0 Å². The first-order chi connectivity index (χ1) is 12.1. The lowest BCUT2D eigenvalue weighted by atomic mass is 10.0. The molecule has 0 aliphatic rings. The van der Waals surface area contributed by atoms with Crippen molar-refractivity contribution in [3.05, 3.63) is 67.1 Å². The van der Waals surface area contributed by atoms with Gasteiger partial charge < -0.3 is 14.4 Å². The summed E-state index contributed by atoms with van der Waals surface area (Å²) in [5, 5.41) is 9.89. The first kappa shape index (κ1) is 15.2. The lowest BCUT2D eigenvalue weighted by Crippen LogP contribution is -2.09. The topological polar surface area (TPSA) is 53.7 Å². The van der Waals surface area contributed by atoms with Gasteiger partial charge in [0, 0.05) is 43.8 Å². The second kappa shape index (κ2) is 5.94. The Morgan fingerprint density at radius 2 is 1.64 bits per heavy atom. The number of hydrogen-bond donors (Lipinski definition) is 1. The largest absolute Gasteiger partial charge is 0.504 e. The number of aromatic nitrogens is 3. The number of imidazole rings is 1. The van der Waals surface area contributed by atoms with Gasteiger partial charge in [-0.3, -0.25) is 0 Å². The maximum absolute atomic E-state index is 9.89. The summed E-state index contributed by atoms with van der Waals surface area (Å²) in [5.74, 6) is 1.11. The van der Waals surface area contributed by atoms with Crippen molar-refractivity contribution in [2.75, 3.05) is 19.0 Å². The average Bonchev–Trinajstić information content (AvgIpc) is 3.08. The highest BCUT2D eigenvalue weighted by molar-refractivity contribution is 5.70. The van der Waals surface area contributed by atoms with Crippen LogP contribution in [0.15, 0.2) is 67.1 Å². The molecule has 3 heterocycles. The molecule has 4 aromatic rings. The molecule has 4 rings (SSSR count). The van der Waals surface area contributed by atoms with Crippen molar-refractivity contribution in [2.24, 2.45) is 0 Å². The first-order valence-corrected chi connectivity index (χ1v) is 8.03. The Morgan fingerprint density at radius 1 is 0.920 bits per heavy atom. The van der Waals surface area contributed by atoms with Crippen LogP contribution >= 0.6 is 0 Å². The molecular weight excluding hydrogens is 312 g/mol. The minimum atomic E-state index is 0.178. The fraction of sp³-hybridized carbons (Fsp3) is 0.100. The number of fused-ring (bicyclic) bond motifs is 1. The van der Waals surface area contributed by atoms with Crippen molar-refractivity contribution in [3.8, 4) is 28.1 Å². The zero-order chi connectivity index (χ0) is 17.4. The van der Waals surface area contributed by atoms with Crippen LogP contribution in [0.25, 0.3) is 28.0 Å². The molecule has 124 valence electrons. The van der Waals surface area contributed by atoms with E-state index in [4.69, 9.17) is 0 Å². The Morgan fingerprint density at radius 3 is 2.28 bits per heavy atom. The van der Waals surface area contributed by atoms with Gasteiger partial charge in [-0.05, 0) is 29.8 Å². The molecule has 0 amide bonds. The Kier molecular flexibility index (Phi) is 3.61. The van der Waals surface area contributed by atoms with E-state index in [0.29, 0.717) is 5.65 Å². The number of aromatic hydroxyl groups is 1. The van der Waals surface area contributed by atoms with Gasteiger partial charge in [-0.2, -0.15) is 0 Å². The quantitative estimate of drug-likeness (QED) is 0.620. The van der Waals surface area contributed by atoms with Crippen molar-refractivity contribution in [1.82, 2.24) is 14.4 Å². The van der Waals surface area contributed by atoms with Gasteiger partial charge in [0.25, 0.3) is 0 Å². The minimum Gasteiger partial charge on any atom is -0.504 e. The molecule has 0 saturated heterocycles. The summed E-state index contributed by atoms with van der Waals surface area (Å²) in [6.07, 6.45) is 5.67. The molecule has 0 atom stereocenters. The molecule has 25 heavy (non-hydrogen) atoms. The van der Waals surface area contributed by atoms with E-state index < -0.39 is 0 Å². The van der Waals surface area contributed by atoms with Crippen LogP contribution in [0.4, 0.5) is 5.82 Å². The Bertz CT molecular complexity index is 1020. The summed E-state index contributed by atoms with van der Waals surface area (Å²) >= 11 is 0. The van der Waals surface area contributed by atoms with Gasteiger partial charge in [-0.15, -0.1) is 0 Å². The van der Waals surface area contributed by atoms with Crippen LogP contribution < -0.4 is 4.90 Å². The zero-order valence-electron chi connectivity index (χ0n) is 14.1. The normalized spacial score (nSPS) is 11.0. The number of anilines is 1. The molecule has 3 aromatic heterocycles. The smallest absolute Gasteiger partial charge is 0.180 e. The molecule has 0 aliphatic carbocycles. The molecular formula is C20H18N4O. The summed E-state index contributed by atoms with van der Waals surface area (Å²) in [5.41, 5.74) is 4.57. The highest BCUT2D eigenvalue weighted by Gasteiger charge is 2.08. The fourth-order valence-corrected chi connectivity index (χ4v) is 2.79. The van der Waals surface area contributed by atoms with Crippen LogP contribution in [0.1, 0.15) is 0 Å². The summed E-state index contributed by atoms with van der Waals surface area (Å²) in [7, 11) is 3.95. The molecule has 5 heteroatoms. The van der Waals surface area contributed by atoms with Gasteiger partial charge >= 0.3 is 0 Å². The van der Waals surface area contributed by atoms with E-state index >= 15 is 0 Å². The van der Waals surface area contributed by atoms with E-state index in [9.17, 15) is 5.11 Å². The van der Waals surface area contributed by atoms with E-state index in [1.807, 2.05) is 60.2 Å². The summed E-state index contributed by atoms with van der Waals surface area (Å²) in [6, 6.07) is 15.7. The van der Waals surface area contributed by atoms with Crippen LogP contribution in [-0.4, -0.2) is 33.6 Å². The lowest BCUT2D eigenvalue weighted by Gasteiger charge is -2.11. The number of benzene rings is 1. The number of nitrogens with zero attached hydrogens (tertiary/aromatic N) is 4. The minimum absolute atomic E-state index is 0.178. The van der Waals surface area contributed by atoms with Crippen LogP contribution in [0.5, 0.6) is 5.75 Å². The summed E-state index contributed by atoms with van der Waals surface area (Å²) in [4.78, 5) is 10.9. The van der Waals surface area contributed by atoms with Crippen molar-refractivity contribution in [2.45, 2.75) is 0 Å². The van der Waals surface area contributed by atoms with Crippen molar-refractivity contribution < 1.29 is 5.11 Å². The SMILES string of the molecule is CN(C)c1ccc(-c2ccc(-c3cn4cccc(O)c4n3)cc2)cn1. The number of hydrogen-bond acceptors (Lipinski definition) is 4. The highest BCUT2D eigenvalue weighted by Crippen LogP contribution is 2.26. The van der Waals surface area contributed by atoms with Gasteiger partial charge in [-0.25, -0.2) is 9.97 Å². The number of pyridine rings is 2. The van der Waals surface area contributed by atoms with Crippen molar-refractivity contribution >= 4 is 11.5 Å². The predicted molar refractivity (Wildman–Crippen MR) is 99.9 cm³/mol. The monoisotopic (exact) mass is 330 g/mol. The molecule has 0 radical (unpaired) electrons. The van der Waals surface area contributed by atoms with Gasteiger partial charge in [0.2, 0.25) is 0 Å². The van der Waals surface area contributed by atoms with Gasteiger partial charge in [0.15, 0.2) is 11.4 Å². The average molecular weight is 330 g/mol. The molecule has 0 unspecified atom stereocenters. The highest BCUT2D eigenvalue weighted by atomic mass is 16.3. The molecule has 0 aliphatic heterocycles. The second-order valence-electron chi connectivity index (χ2n) is 6.13. The summed E-state index contributed by atoms with van der Waals surface area (Å²) in [6.45, 7) is 0. The third kappa shape index (κ3) is 2.80. The van der Waals surface area contributed by atoms with Gasteiger partial charge in [-0.1, -0.05) is 24.3 Å². The Labute approximate surface area is 145 Å². The van der Waals surface area contributed by atoms with E-state index in [-0.39, 0.29) is 5.75 Å². The first-order valence-electron chi connectivity index (χ1n) is 8.03. The Hall–Kier alpha value is -3.34. The molecule has 1 N–H and O–H groups in total. The zero-order valence-corrected chi connectivity index (χ0v) is 14.1. The van der Waals surface area contributed by atoms with Gasteiger partial charge in [0.05, 0.1) is 5.69 Å². The van der Waals surface area contributed by atoms with E-state index in [1.54, 1.807) is 12.1 Å². The molecule has 0 saturated carbocycles. The van der Waals surface area contributed by atoms with Crippen molar-refractivity contribution in [3.63, 3.8) is 0 Å². The summed E-state index contributed by atoms with van der Waals surface area (Å²) < 4.78 is 1.82. The second-order valence-corrected chi connectivity index (χ2v) is 6.13. The van der Waals surface area contributed by atoms with Crippen LogP contribution in [-0.2, 0) is 0 Å². The predicted octanol–water partition coefficient (Wildman–Crippen LogP) is 3.83. The standard InChI is InChI=1S/C20H18N4O/c1-23(2)19-10-9-16(12-21-19)14-5-7-15(8-6-14)17-13-24-11-3-4-18(25)20(24)22-17/h3-13,25H,1-2H3. The third-order valence-corrected chi connectivity index (χ3v) is 4.18. The maximum Gasteiger partial charge on any atom is 0.180 e. The molecule has 0 fully saturated rings. The van der Waals surface area contributed by atoms with Gasteiger partial charge in [0.1, 0.15) is 5.82 Å². The number of rotatable bonds is 3. The molecule has 5 nitrogen and oxygen atoms in total. The van der Waals surface area contributed by atoms with Crippen LogP contribution in [0.2, 0.25) is 0 Å². The molecule has 0 spiro atoms. The molecule has 1 aromatic carbocycles. The van der Waals surface area contributed by atoms with E-state index in [1.165, 1.54) is 0 Å². The lowest BCUT2D eigenvalue weighted by molar-refractivity contribution is 0.477. The maximum atomic E-state index is 9.89. The van der Waals surface area contributed by atoms with E-state index in [0.717, 1.165) is 28.2 Å². The third-order valence-electron chi connectivity index (χ3n) is 4.18. The Balaban J connectivity index is 1.66. The van der Waals surface area contributed by atoms with Crippen LogP contribution in [0.3, 0.4) is 0 Å². The van der Waals surface area contributed by atoms with E-state index in [2.05, 4.69) is 28.2 Å². The fourth-order valence-electron chi connectivity index (χ4n) is 2.79. The molecule has 0 bridgehead atoms.